The van der Waals surface area contributed by atoms with E-state index in [2.05, 4.69) is 35.1 Å². The summed E-state index contributed by atoms with van der Waals surface area (Å²) in [6.07, 6.45) is 1.16. The molecule has 0 aliphatic carbocycles. The van der Waals surface area contributed by atoms with E-state index in [1.165, 1.54) is 0 Å². The number of benzene rings is 1. The van der Waals surface area contributed by atoms with Gasteiger partial charge in [-0.3, -0.25) is 15.0 Å². The highest BCUT2D eigenvalue weighted by Gasteiger charge is 2.08. The van der Waals surface area contributed by atoms with Crippen molar-refractivity contribution in [1.82, 2.24) is 0 Å². The predicted molar refractivity (Wildman–Crippen MR) is 62.0 cm³/mol. The molecule has 0 aromatic heterocycles. The fourth-order valence-corrected chi connectivity index (χ4v) is 1.16. The van der Waals surface area contributed by atoms with Gasteiger partial charge < -0.3 is 5.41 Å². The van der Waals surface area contributed by atoms with E-state index in [1.54, 1.807) is 12.1 Å². The maximum Gasteiger partial charge on any atom is 0.0987 e. The van der Waals surface area contributed by atoms with Crippen molar-refractivity contribution < 1.29 is 0 Å². The van der Waals surface area contributed by atoms with Gasteiger partial charge in [0.1, 0.15) is 0 Å². The van der Waals surface area contributed by atoms with Gasteiger partial charge in [0.2, 0.25) is 0 Å². The summed E-state index contributed by atoms with van der Waals surface area (Å²) in [4.78, 5) is 11.3. The van der Waals surface area contributed by atoms with Gasteiger partial charge in [-0.25, -0.2) is 0 Å². The summed E-state index contributed by atoms with van der Waals surface area (Å²) in [7, 11) is 0. The van der Waals surface area contributed by atoms with E-state index in [9.17, 15) is 0 Å². The zero-order chi connectivity index (χ0) is 10.6. The number of nitrogens with zero attached hydrogens (tertiary/aromatic N) is 3. The second-order valence-corrected chi connectivity index (χ2v) is 2.48. The van der Waals surface area contributed by atoms with Crippen molar-refractivity contribution >= 4 is 43.4 Å². The molecule has 0 radical (unpaired) electrons. The lowest BCUT2D eigenvalue weighted by Gasteiger charge is -2.05. The van der Waals surface area contributed by atoms with Gasteiger partial charge in [0, 0.05) is 11.8 Å². The minimum atomic E-state index is 0.514. The van der Waals surface area contributed by atoms with Crippen LogP contribution in [0.1, 0.15) is 5.56 Å². The smallest absolute Gasteiger partial charge is 0.0987 e. The number of hydrogen-bond donors (Lipinski definition) is 1. The molecule has 0 saturated carbocycles. The molecule has 1 rings (SSSR count). The average Bonchev–Trinajstić information content (AvgIpc) is 2.26. The maximum absolute atomic E-state index is 7.24. The summed E-state index contributed by atoms with van der Waals surface area (Å²) in [5.74, 6) is 0. The summed E-state index contributed by atoms with van der Waals surface area (Å²) in [5, 5.41) is 7.24. The van der Waals surface area contributed by atoms with Crippen molar-refractivity contribution in [2.45, 2.75) is 0 Å². The largest absolute Gasteiger partial charge is 0.308 e. The molecule has 0 spiro atoms. The van der Waals surface area contributed by atoms with Gasteiger partial charge in [-0.15, -0.1) is 0 Å². The third kappa shape index (κ3) is 1.50. The Labute approximate surface area is 82.3 Å². The first-order valence-corrected chi connectivity index (χ1v) is 3.86. The first kappa shape index (κ1) is 9.98. The molecule has 0 amide bonds. The van der Waals surface area contributed by atoms with Crippen molar-refractivity contribution in [2.75, 3.05) is 0 Å². The van der Waals surface area contributed by atoms with Gasteiger partial charge in [-0.05, 0) is 32.3 Å². The average molecular weight is 186 g/mol. The summed E-state index contributed by atoms with van der Waals surface area (Å²) < 4.78 is 0. The first-order valence-electron chi connectivity index (χ1n) is 3.86. The lowest BCUT2D eigenvalue weighted by atomic mass is 10.1. The molecular formula is C10H10N4. The Kier molecular flexibility index (Phi) is 3.01. The molecule has 4 nitrogen and oxygen atoms in total. The van der Waals surface area contributed by atoms with Crippen molar-refractivity contribution in [3.63, 3.8) is 0 Å². The van der Waals surface area contributed by atoms with Crippen molar-refractivity contribution in [3.8, 4) is 0 Å². The summed E-state index contributed by atoms with van der Waals surface area (Å²) in [5.41, 5.74) is 2.25. The van der Waals surface area contributed by atoms with E-state index in [-0.39, 0.29) is 0 Å². The highest BCUT2D eigenvalue weighted by Crippen LogP contribution is 2.35. The van der Waals surface area contributed by atoms with E-state index >= 15 is 0 Å². The van der Waals surface area contributed by atoms with Crippen LogP contribution in [0.3, 0.4) is 0 Å². The van der Waals surface area contributed by atoms with Crippen LogP contribution in [0, 0.1) is 5.41 Å². The molecule has 0 atom stereocenters. The molecule has 1 aromatic carbocycles. The number of hydrogen-bond acceptors (Lipinski definition) is 4. The molecule has 0 unspecified atom stereocenters. The van der Waals surface area contributed by atoms with E-state index in [0.717, 1.165) is 6.21 Å². The first-order chi connectivity index (χ1) is 6.78. The van der Waals surface area contributed by atoms with Gasteiger partial charge in [0.05, 0.1) is 17.1 Å². The number of rotatable bonds is 4. The summed E-state index contributed by atoms with van der Waals surface area (Å²) in [6, 6.07) is 3.43. The molecule has 0 saturated heterocycles. The van der Waals surface area contributed by atoms with E-state index in [1.807, 2.05) is 0 Å². The molecule has 0 bridgehead atoms. The van der Waals surface area contributed by atoms with Gasteiger partial charge >= 0.3 is 0 Å². The number of nitrogens with one attached hydrogen (secondary N) is 1. The van der Waals surface area contributed by atoms with Crippen LogP contribution in [0.15, 0.2) is 27.1 Å². The Hall–Kier alpha value is -2.10. The topological polar surface area (TPSA) is 60.9 Å². The highest BCUT2D eigenvalue weighted by molar-refractivity contribution is 5.96. The molecule has 0 fully saturated rings. The van der Waals surface area contributed by atoms with Crippen LogP contribution in [-0.4, -0.2) is 26.4 Å². The van der Waals surface area contributed by atoms with Crippen LogP contribution < -0.4 is 0 Å². The van der Waals surface area contributed by atoms with Crippen LogP contribution in [0.4, 0.5) is 17.1 Å². The van der Waals surface area contributed by atoms with Crippen LogP contribution in [0.2, 0.25) is 0 Å². The molecule has 1 aromatic rings. The molecule has 0 heterocycles. The van der Waals surface area contributed by atoms with Gasteiger partial charge in [0.15, 0.2) is 0 Å². The minimum Gasteiger partial charge on any atom is -0.308 e. The maximum atomic E-state index is 7.24. The lowest BCUT2D eigenvalue weighted by Crippen LogP contribution is -1.83. The van der Waals surface area contributed by atoms with Gasteiger partial charge in [-0.2, -0.15) is 0 Å². The second kappa shape index (κ2) is 4.23. The normalized spacial score (nSPS) is 9.14. The Bertz CT molecular complexity index is 368. The minimum absolute atomic E-state index is 0.514. The van der Waals surface area contributed by atoms with E-state index in [0.29, 0.717) is 22.6 Å². The molecule has 4 heteroatoms. The quantitative estimate of drug-likeness (QED) is 0.703. The van der Waals surface area contributed by atoms with E-state index < -0.39 is 0 Å². The number of aliphatic imine (C=N–C) groups is 3. The van der Waals surface area contributed by atoms with Crippen LogP contribution in [0.25, 0.3) is 0 Å². The Balaban J connectivity index is 3.58. The van der Waals surface area contributed by atoms with Gasteiger partial charge in [0.25, 0.3) is 0 Å². The Morgan fingerprint density at radius 2 is 1.57 bits per heavy atom. The van der Waals surface area contributed by atoms with Crippen molar-refractivity contribution in [2.24, 2.45) is 15.0 Å². The van der Waals surface area contributed by atoms with Crippen LogP contribution in [-0.2, 0) is 0 Å². The van der Waals surface area contributed by atoms with E-state index in [4.69, 9.17) is 5.41 Å². The molecule has 70 valence electrons. The molecule has 0 aliphatic heterocycles. The SMILES string of the molecule is C=Nc1ccc(N=C)c(N=C)c1C=N. The third-order valence-electron chi connectivity index (χ3n) is 1.82. The van der Waals surface area contributed by atoms with Crippen molar-refractivity contribution in [3.05, 3.63) is 17.7 Å². The molecule has 0 aliphatic rings. The van der Waals surface area contributed by atoms with Crippen LogP contribution in [0.5, 0.6) is 0 Å². The Morgan fingerprint density at radius 1 is 1.00 bits per heavy atom. The monoisotopic (exact) mass is 186 g/mol. The molecular weight excluding hydrogens is 176 g/mol. The van der Waals surface area contributed by atoms with Crippen LogP contribution >= 0.6 is 0 Å². The lowest BCUT2D eigenvalue weighted by molar-refractivity contribution is 1.42. The zero-order valence-electron chi connectivity index (χ0n) is 7.70. The fraction of sp³-hybridized carbons (Fsp3) is 0. The fourth-order valence-electron chi connectivity index (χ4n) is 1.16. The van der Waals surface area contributed by atoms with Crippen molar-refractivity contribution in [1.29, 1.82) is 5.41 Å². The molecule has 14 heavy (non-hydrogen) atoms. The third-order valence-corrected chi connectivity index (χ3v) is 1.82. The summed E-state index contributed by atoms with van der Waals surface area (Å²) >= 11 is 0. The zero-order valence-corrected chi connectivity index (χ0v) is 7.70. The molecule has 1 N–H and O–H groups in total. The second-order valence-electron chi connectivity index (χ2n) is 2.48. The van der Waals surface area contributed by atoms with Gasteiger partial charge in [-0.1, -0.05) is 0 Å². The standard InChI is InChI=1S/C10H10N4/c1-12-8-4-5-9(13-2)10(14-3)7(8)6-11/h4-6,11H,1-3H2. The predicted octanol–water partition coefficient (Wildman–Crippen LogP) is 2.68. The Morgan fingerprint density at radius 3 is 2.00 bits per heavy atom. The summed E-state index contributed by atoms with van der Waals surface area (Å²) in [6.45, 7) is 10.2. The highest BCUT2D eigenvalue weighted by atomic mass is 14.8.